The Morgan fingerprint density at radius 1 is 0.821 bits per heavy atom. The SMILES string of the molecule is CC(C)[Si](Cc1nc(-c2ccccc2)nc2ccc(Br)cc12)(C(C)C)C(C)C. The number of rotatable bonds is 6. The molecule has 0 spiro atoms. The predicted octanol–water partition coefficient (Wildman–Crippen LogP) is 7.82. The van der Waals surface area contributed by atoms with Crippen molar-refractivity contribution in [2.24, 2.45) is 0 Å². The lowest BCUT2D eigenvalue weighted by Gasteiger charge is -2.43. The Balaban J connectivity index is 2.24. The van der Waals surface area contributed by atoms with Crippen LogP contribution in [0.2, 0.25) is 16.6 Å². The molecular weight excluding hydrogens is 424 g/mol. The number of fused-ring (bicyclic) bond motifs is 1. The molecule has 0 amide bonds. The second-order valence-electron chi connectivity index (χ2n) is 8.77. The average Bonchev–Trinajstić information content (AvgIpc) is 2.65. The molecule has 1 heterocycles. The van der Waals surface area contributed by atoms with Gasteiger partial charge < -0.3 is 0 Å². The fourth-order valence-corrected chi connectivity index (χ4v) is 11.4. The highest BCUT2D eigenvalue weighted by Gasteiger charge is 2.43. The van der Waals surface area contributed by atoms with Crippen LogP contribution in [0.5, 0.6) is 0 Å². The van der Waals surface area contributed by atoms with Gasteiger partial charge in [-0.15, -0.1) is 0 Å². The summed E-state index contributed by atoms with van der Waals surface area (Å²) in [6.45, 7) is 14.5. The first-order chi connectivity index (χ1) is 13.3. The largest absolute Gasteiger partial charge is 0.233 e. The van der Waals surface area contributed by atoms with Crippen molar-refractivity contribution in [2.45, 2.75) is 64.2 Å². The van der Waals surface area contributed by atoms with E-state index in [1.807, 2.05) is 6.07 Å². The third-order valence-electron chi connectivity index (χ3n) is 6.47. The van der Waals surface area contributed by atoms with E-state index in [1.165, 1.54) is 11.1 Å². The quantitative estimate of drug-likeness (QED) is 0.354. The van der Waals surface area contributed by atoms with Crippen LogP contribution in [0.1, 0.15) is 47.2 Å². The number of benzene rings is 2. The van der Waals surface area contributed by atoms with Crippen LogP contribution in [0.3, 0.4) is 0 Å². The highest BCUT2D eigenvalue weighted by molar-refractivity contribution is 9.10. The average molecular weight is 456 g/mol. The van der Waals surface area contributed by atoms with E-state index < -0.39 is 8.07 Å². The van der Waals surface area contributed by atoms with Gasteiger partial charge in [0.25, 0.3) is 0 Å². The summed E-state index contributed by atoms with van der Waals surface area (Å²) < 4.78 is 1.09. The Morgan fingerprint density at radius 2 is 1.43 bits per heavy atom. The third kappa shape index (κ3) is 3.95. The number of hydrogen-bond acceptors (Lipinski definition) is 2. The summed E-state index contributed by atoms with van der Waals surface area (Å²) in [6.07, 6.45) is 0. The zero-order valence-electron chi connectivity index (χ0n) is 17.8. The number of nitrogens with zero attached hydrogens (tertiary/aromatic N) is 2. The van der Waals surface area contributed by atoms with Crippen molar-refractivity contribution in [1.29, 1.82) is 0 Å². The lowest BCUT2D eigenvalue weighted by Crippen LogP contribution is -2.47. The van der Waals surface area contributed by atoms with Crippen molar-refractivity contribution < 1.29 is 0 Å². The van der Waals surface area contributed by atoms with Crippen LogP contribution in [0.4, 0.5) is 0 Å². The lowest BCUT2D eigenvalue weighted by atomic mass is 10.1. The summed E-state index contributed by atoms with van der Waals surface area (Å²) in [4.78, 5) is 10.0. The molecule has 2 nitrogen and oxygen atoms in total. The van der Waals surface area contributed by atoms with Gasteiger partial charge in [0.1, 0.15) is 0 Å². The summed E-state index contributed by atoms with van der Waals surface area (Å²) >= 11 is 3.65. The van der Waals surface area contributed by atoms with E-state index in [2.05, 4.69) is 99.9 Å². The molecule has 1 aromatic heterocycles. The molecule has 0 saturated heterocycles. The van der Waals surface area contributed by atoms with Crippen molar-refractivity contribution in [3.8, 4) is 11.4 Å². The lowest BCUT2D eigenvalue weighted by molar-refractivity contribution is 0.793. The molecule has 0 radical (unpaired) electrons. The summed E-state index contributed by atoms with van der Waals surface area (Å²) in [5.74, 6) is 0.838. The maximum atomic E-state index is 5.15. The van der Waals surface area contributed by atoms with Gasteiger partial charge in [-0.25, -0.2) is 9.97 Å². The van der Waals surface area contributed by atoms with Crippen molar-refractivity contribution in [3.63, 3.8) is 0 Å². The van der Waals surface area contributed by atoms with Gasteiger partial charge in [0.05, 0.1) is 13.6 Å². The van der Waals surface area contributed by atoms with Gasteiger partial charge in [-0.2, -0.15) is 0 Å². The molecular formula is C24H31BrN2Si. The van der Waals surface area contributed by atoms with Gasteiger partial charge in [-0.05, 0) is 24.2 Å². The van der Waals surface area contributed by atoms with Gasteiger partial charge in [0.15, 0.2) is 5.82 Å². The molecule has 0 aliphatic rings. The normalized spacial score (nSPS) is 12.5. The van der Waals surface area contributed by atoms with Crippen LogP contribution >= 0.6 is 15.9 Å². The number of aromatic nitrogens is 2. The van der Waals surface area contributed by atoms with E-state index in [0.717, 1.165) is 27.4 Å². The maximum absolute atomic E-state index is 5.15. The first-order valence-electron chi connectivity index (χ1n) is 10.3. The van der Waals surface area contributed by atoms with E-state index >= 15 is 0 Å². The molecule has 0 unspecified atom stereocenters. The van der Waals surface area contributed by atoms with Crippen molar-refractivity contribution in [2.75, 3.05) is 0 Å². The van der Waals surface area contributed by atoms with Gasteiger partial charge in [0.2, 0.25) is 0 Å². The van der Waals surface area contributed by atoms with Crippen LogP contribution in [0, 0.1) is 0 Å². The van der Waals surface area contributed by atoms with Crippen molar-refractivity contribution >= 4 is 34.9 Å². The minimum Gasteiger partial charge on any atom is -0.233 e. The molecule has 4 heteroatoms. The fourth-order valence-electron chi connectivity index (χ4n) is 4.92. The van der Waals surface area contributed by atoms with Crippen LogP contribution in [-0.2, 0) is 6.04 Å². The summed E-state index contributed by atoms with van der Waals surface area (Å²) in [6, 6.07) is 17.8. The second kappa shape index (κ2) is 8.46. The van der Waals surface area contributed by atoms with Crippen LogP contribution in [-0.4, -0.2) is 18.0 Å². The smallest absolute Gasteiger partial charge is 0.160 e. The molecule has 148 valence electrons. The Bertz CT molecular complexity index is 930. The van der Waals surface area contributed by atoms with Gasteiger partial charge in [-0.3, -0.25) is 0 Å². The van der Waals surface area contributed by atoms with Crippen LogP contribution in [0.25, 0.3) is 22.3 Å². The topological polar surface area (TPSA) is 25.8 Å². The van der Waals surface area contributed by atoms with Crippen molar-refractivity contribution in [1.82, 2.24) is 9.97 Å². The fraction of sp³-hybridized carbons (Fsp3) is 0.417. The zero-order chi connectivity index (χ0) is 20.5. The molecule has 0 saturated carbocycles. The highest BCUT2D eigenvalue weighted by atomic mass is 79.9. The number of halogens is 1. The Kier molecular flexibility index (Phi) is 6.40. The molecule has 0 atom stereocenters. The van der Waals surface area contributed by atoms with E-state index in [0.29, 0.717) is 16.6 Å². The first-order valence-corrected chi connectivity index (χ1v) is 13.5. The molecule has 0 fully saturated rings. The maximum Gasteiger partial charge on any atom is 0.160 e. The molecule has 28 heavy (non-hydrogen) atoms. The van der Waals surface area contributed by atoms with Gasteiger partial charge in [0, 0.05) is 21.1 Å². The van der Waals surface area contributed by atoms with Crippen LogP contribution < -0.4 is 0 Å². The van der Waals surface area contributed by atoms with E-state index in [1.54, 1.807) is 0 Å². The van der Waals surface area contributed by atoms with E-state index in [4.69, 9.17) is 9.97 Å². The molecule has 0 bridgehead atoms. The zero-order valence-corrected chi connectivity index (χ0v) is 20.4. The first kappa shape index (κ1) is 21.2. The third-order valence-corrected chi connectivity index (χ3v) is 14.4. The molecule has 3 aromatic rings. The Hall–Kier alpha value is -1.52. The minimum absolute atomic E-state index is 0.699. The second-order valence-corrected chi connectivity index (χ2v) is 15.7. The number of hydrogen-bond donors (Lipinski definition) is 0. The van der Waals surface area contributed by atoms with E-state index in [9.17, 15) is 0 Å². The monoisotopic (exact) mass is 454 g/mol. The van der Waals surface area contributed by atoms with Crippen LogP contribution in [0.15, 0.2) is 53.0 Å². The Labute approximate surface area is 179 Å². The molecule has 2 aromatic carbocycles. The van der Waals surface area contributed by atoms with Crippen molar-refractivity contribution in [3.05, 3.63) is 58.7 Å². The molecule has 0 aliphatic heterocycles. The summed E-state index contributed by atoms with van der Waals surface area (Å²) in [5, 5.41) is 1.19. The standard InChI is InChI=1S/C24H31BrN2Si/c1-16(2)28(17(3)4,18(5)6)15-23-21-14-20(25)12-13-22(21)26-24(27-23)19-10-8-7-9-11-19/h7-14,16-18H,15H2,1-6H3. The highest BCUT2D eigenvalue weighted by Crippen LogP contribution is 2.44. The van der Waals surface area contributed by atoms with Gasteiger partial charge >= 0.3 is 0 Å². The Morgan fingerprint density at radius 3 is 2.00 bits per heavy atom. The molecule has 0 aliphatic carbocycles. The van der Waals surface area contributed by atoms with E-state index in [-0.39, 0.29) is 0 Å². The summed E-state index contributed by atoms with van der Waals surface area (Å²) in [5.41, 5.74) is 5.43. The summed E-state index contributed by atoms with van der Waals surface area (Å²) in [7, 11) is -1.63. The minimum atomic E-state index is -1.63. The molecule has 3 rings (SSSR count). The van der Waals surface area contributed by atoms with Gasteiger partial charge in [-0.1, -0.05) is 104 Å². The molecule has 0 N–H and O–H groups in total. The predicted molar refractivity (Wildman–Crippen MR) is 127 cm³/mol.